The summed E-state index contributed by atoms with van der Waals surface area (Å²) in [6.45, 7) is 0. The number of allylic oxidation sites excluding steroid dienone is 1. The van der Waals surface area contributed by atoms with E-state index in [1.807, 2.05) is 48.5 Å². The molecule has 2 aromatic carbocycles. The smallest absolute Gasteiger partial charge is 0.319 e. The summed E-state index contributed by atoms with van der Waals surface area (Å²) in [6, 6.07) is 14.9. The van der Waals surface area contributed by atoms with Crippen LogP contribution in [0.2, 0.25) is 10.0 Å². The Morgan fingerprint density at radius 3 is 2.44 bits per heavy atom. The van der Waals surface area contributed by atoms with Crippen LogP contribution in [0.3, 0.4) is 0 Å². The molecule has 0 aromatic heterocycles. The molecule has 0 saturated carbocycles. The second kappa shape index (κ2) is 6.58. The Morgan fingerprint density at radius 1 is 0.960 bits per heavy atom. The van der Waals surface area contributed by atoms with Gasteiger partial charge < -0.3 is 10.6 Å². The molecular formula is C20H16Cl2N2O. The van der Waals surface area contributed by atoms with E-state index < -0.39 is 0 Å². The molecule has 5 heteroatoms. The first-order chi connectivity index (χ1) is 12.1. The van der Waals surface area contributed by atoms with Crippen molar-refractivity contribution in [3.63, 3.8) is 0 Å². The molecule has 0 saturated heterocycles. The van der Waals surface area contributed by atoms with Gasteiger partial charge in [-0.25, -0.2) is 4.79 Å². The summed E-state index contributed by atoms with van der Waals surface area (Å²) in [5.41, 5.74) is 5.02. The van der Waals surface area contributed by atoms with Gasteiger partial charge in [0.1, 0.15) is 0 Å². The first kappa shape index (κ1) is 16.2. The number of hydrogen-bond donors (Lipinski definition) is 2. The Balaban J connectivity index is 1.77. The van der Waals surface area contributed by atoms with Crippen LogP contribution in [-0.2, 0) is 0 Å². The Kier molecular flexibility index (Phi) is 4.28. The van der Waals surface area contributed by atoms with E-state index in [1.54, 1.807) is 0 Å². The average molecular weight is 371 g/mol. The molecular weight excluding hydrogens is 355 g/mol. The van der Waals surface area contributed by atoms with Crippen molar-refractivity contribution in [2.45, 2.75) is 18.9 Å². The zero-order valence-electron chi connectivity index (χ0n) is 13.4. The predicted molar refractivity (Wildman–Crippen MR) is 102 cm³/mol. The molecule has 25 heavy (non-hydrogen) atoms. The number of rotatable bonds is 2. The lowest BCUT2D eigenvalue weighted by Gasteiger charge is -2.28. The van der Waals surface area contributed by atoms with Crippen molar-refractivity contribution in [2.75, 3.05) is 0 Å². The van der Waals surface area contributed by atoms with Crippen LogP contribution in [0.25, 0.3) is 6.08 Å². The Bertz CT molecular complexity index is 917. The molecule has 2 N–H and O–H groups in total. The summed E-state index contributed by atoms with van der Waals surface area (Å²) in [5.74, 6) is 0. The van der Waals surface area contributed by atoms with E-state index in [1.165, 1.54) is 0 Å². The first-order valence-electron chi connectivity index (χ1n) is 8.14. The Labute approximate surface area is 156 Å². The lowest BCUT2D eigenvalue weighted by atomic mass is 9.96. The second-order valence-electron chi connectivity index (χ2n) is 6.14. The number of carbonyl (C=O) groups excluding carboxylic acids is 1. The van der Waals surface area contributed by atoms with Crippen LogP contribution < -0.4 is 10.6 Å². The van der Waals surface area contributed by atoms with Gasteiger partial charge in [0, 0.05) is 15.7 Å². The van der Waals surface area contributed by atoms with Crippen molar-refractivity contribution < 1.29 is 4.79 Å². The fourth-order valence-electron chi connectivity index (χ4n) is 3.44. The molecule has 2 aliphatic rings. The molecule has 0 spiro atoms. The quantitative estimate of drug-likeness (QED) is 0.721. The molecule has 0 bridgehead atoms. The molecule has 1 heterocycles. The molecule has 1 aliphatic heterocycles. The lowest BCUT2D eigenvalue weighted by molar-refractivity contribution is 0.239. The van der Waals surface area contributed by atoms with Crippen LogP contribution >= 0.6 is 23.2 Å². The molecule has 0 radical (unpaired) electrons. The maximum atomic E-state index is 12.2. The number of carbonyl (C=O) groups is 1. The predicted octanol–water partition coefficient (Wildman–Crippen LogP) is 5.48. The minimum atomic E-state index is -0.212. The van der Waals surface area contributed by atoms with Crippen molar-refractivity contribution >= 4 is 35.3 Å². The van der Waals surface area contributed by atoms with Crippen LogP contribution in [-0.4, -0.2) is 6.03 Å². The van der Waals surface area contributed by atoms with E-state index in [4.69, 9.17) is 23.2 Å². The van der Waals surface area contributed by atoms with E-state index in [0.29, 0.717) is 10.0 Å². The van der Waals surface area contributed by atoms with E-state index in [2.05, 4.69) is 16.7 Å². The number of nitrogens with one attached hydrogen (secondary N) is 2. The van der Waals surface area contributed by atoms with Crippen molar-refractivity contribution in [1.82, 2.24) is 10.6 Å². The van der Waals surface area contributed by atoms with Crippen molar-refractivity contribution in [1.29, 1.82) is 0 Å². The van der Waals surface area contributed by atoms with Crippen LogP contribution in [0, 0.1) is 0 Å². The third kappa shape index (κ3) is 3.06. The minimum absolute atomic E-state index is 0.199. The van der Waals surface area contributed by atoms with E-state index in [0.717, 1.165) is 40.8 Å². The Morgan fingerprint density at radius 2 is 1.68 bits per heavy atom. The van der Waals surface area contributed by atoms with Gasteiger partial charge in [-0.3, -0.25) is 0 Å². The molecule has 2 amide bonds. The van der Waals surface area contributed by atoms with Gasteiger partial charge in [0.15, 0.2) is 0 Å². The van der Waals surface area contributed by atoms with Crippen LogP contribution in [0.4, 0.5) is 4.79 Å². The lowest BCUT2D eigenvalue weighted by Crippen LogP contribution is -2.43. The topological polar surface area (TPSA) is 41.1 Å². The monoisotopic (exact) mass is 370 g/mol. The Hall–Kier alpha value is -2.23. The van der Waals surface area contributed by atoms with Gasteiger partial charge >= 0.3 is 6.03 Å². The average Bonchev–Trinajstić information content (AvgIpc) is 2.99. The van der Waals surface area contributed by atoms with Gasteiger partial charge in [0.2, 0.25) is 0 Å². The van der Waals surface area contributed by atoms with Gasteiger partial charge in [0.05, 0.1) is 6.04 Å². The summed E-state index contributed by atoms with van der Waals surface area (Å²) in [7, 11) is 0. The second-order valence-corrected chi connectivity index (χ2v) is 6.96. The SMILES string of the molecule is O=C1NC2=C(CC/C2=C/c2ccccc2Cl)C(c2ccccc2Cl)N1. The normalized spacial score (nSPS) is 21.1. The number of hydrogen-bond acceptors (Lipinski definition) is 1. The fourth-order valence-corrected chi connectivity index (χ4v) is 3.88. The molecule has 4 rings (SSSR count). The number of amides is 2. The highest BCUT2D eigenvalue weighted by Crippen LogP contribution is 2.42. The van der Waals surface area contributed by atoms with Crippen LogP contribution in [0.5, 0.6) is 0 Å². The standard InChI is InChI=1S/C20H16Cl2N2O/c21-16-7-3-1-5-12(16)11-13-9-10-15-18(13)23-20(25)24-19(15)14-6-2-4-8-17(14)22/h1-8,11,19H,9-10H2,(H2,23,24,25)/b13-11-. The first-order valence-corrected chi connectivity index (χ1v) is 8.89. The molecule has 3 nitrogen and oxygen atoms in total. The van der Waals surface area contributed by atoms with Crippen molar-refractivity contribution in [3.05, 3.63) is 86.5 Å². The van der Waals surface area contributed by atoms with E-state index >= 15 is 0 Å². The highest BCUT2D eigenvalue weighted by molar-refractivity contribution is 6.32. The zero-order chi connectivity index (χ0) is 17.4. The summed E-state index contributed by atoms with van der Waals surface area (Å²) < 4.78 is 0. The van der Waals surface area contributed by atoms with Crippen LogP contribution in [0.15, 0.2) is 65.4 Å². The van der Waals surface area contributed by atoms with E-state index in [9.17, 15) is 4.79 Å². The fraction of sp³-hybridized carbons (Fsp3) is 0.150. The largest absolute Gasteiger partial charge is 0.327 e. The maximum absolute atomic E-state index is 12.2. The number of benzene rings is 2. The molecule has 0 fully saturated rings. The van der Waals surface area contributed by atoms with Crippen LogP contribution in [0.1, 0.15) is 30.0 Å². The summed E-state index contributed by atoms with van der Waals surface area (Å²) >= 11 is 12.6. The van der Waals surface area contributed by atoms with Gasteiger partial charge in [-0.15, -0.1) is 0 Å². The van der Waals surface area contributed by atoms with Crippen molar-refractivity contribution in [3.8, 4) is 0 Å². The third-order valence-corrected chi connectivity index (χ3v) is 5.31. The summed E-state index contributed by atoms with van der Waals surface area (Å²) in [5, 5.41) is 7.32. The summed E-state index contributed by atoms with van der Waals surface area (Å²) in [4.78, 5) is 12.2. The molecule has 2 aromatic rings. The number of urea groups is 1. The minimum Gasteiger partial charge on any atom is -0.327 e. The van der Waals surface area contributed by atoms with Gasteiger partial charge in [-0.2, -0.15) is 0 Å². The van der Waals surface area contributed by atoms with Gasteiger partial charge in [-0.05, 0) is 53.3 Å². The van der Waals surface area contributed by atoms with Gasteiger partial charge in [0.25, 0.3) is 0 Å². The molecule has 1 atom stereocenters. The van der Waals surface area contributed by atoms with E-state index in [-0.39, 0.29) is 12.1 Å². The summed E-state index contributed by atoms with van der Waals surface area (Å²) in [6.07, 6.45) is 3.79. The maximum Gasteiger partial charge on any atom is 0.319 e. The highest BCUT2D eigenvalue weighted by Gasteiger charge is 2.34. The highest BCUT2D eigenvalue weighted by atomic mass is 35.5. The third-order valence-electron chi connectivity index (χ3n) is 4.62. The number of halogens is 2. The zero-order valence-corrected chi connectivity index (χ0v) is 14.9. The molecule has 1 aliphatic carbocycles. The molecule has 1 unspecified atom stereocenters. The van der Waals surface area contributed by atoms with Crippen molar-refractivity contribution in [2.24, 2.45) is 0 Å². The molecule has 126 valence electrons. The van der Waals surface area contributed by atoms with Gasteiger partial charge in [-0.1, -0.05) is 59.6 Å².